The van der Waals surface area contributed by atoms with Crippen molar-refractivity contribution in [3.05, 3.63) is 72.3 Å². The van der Waals surface area contributed by atoms with Gasteiger partial charge < -0.3 is 14.6 Å². The summed E-state index contributed by atoms with van der Waals surface area (Å²) in [6, 6.07) is 20.7. The van der Waals surface area contributed by atoms with E-state index in [9.17, 15) is 9.90 Å². The summed E-state index contributed by atoms with van der Waals surface area (Å²) in [7, 11) is 1.57. The number of carboxylic acid groups (broad SMARTS) is 1. The van der Waals surface area contributed by atoms with E-state index < -0.39 is 12.1 Å². The van der Waals surface area contributed by atoms with E-state index in [1.807, 2.05) is 60.7 Å². The lowest BCUT2D eigenvalue weighted by molar-refractivity contribution is -0.144. The van der Waals surface area contributed by atoms with Gasteiger partial charge in [0.05, 0.1) is 7.11 Å². The molecule has 0 amide bonds. The van der Waals surface area contributed by atoms with Gasteiger partial charge in [-0.15, -0.1) is 0 Å². The number of ether oxygens (including phenoxy) is 2. The zero-order valence-electron chi connectivity index (χ0n) is 13.3. The molecule has 0 heterocycles. The maximum atomic E-state index is 11.7. The van der Waals surface area contributed by atoms with Gasteiger partial charge in [0.15, 0.2) is 6.10 Å². The first-order valence-electron chi connectivity index (χ1n) is 7.68. The zero-order chi connectivity index (χ0) is 16.9. The summed E-state index contributed by atoms with van der Waals surface area (Å²) in [5.74, 6) is 0.217. The number of para-hydroxylation sites is 1. The standard InChI is InChI=1S/C20H18O4/c1-23-17-11-5-3-8-15(17)13-19(20(21)22)24-18-12-6-9-14-7-2-4-10-16(14)18/h2-12,19H,13H2,1H3,(H,21,22)/t19-/m1/s1. The minimum absolute atomic E-state index is 0.225. The largest absolute Gasteiger partial charge is 0.496 e. The molecule has 0 radical (unpaired) electrons. The Morgan fingerprint density at radius 2 is 1.62 bits per heavy atom. The molecule has 3 rings (SSSR count). The summed E-state index contributed by atoms with van der Waals surface area (Å²) in [6.45, 7) is 0. The van der Waals surface area contributed by atoms with E-state index in [0.717, 1.165) is 16.3 Å². The monoisotopic (exact) mass is 322 g/mol. The van der Waals surface area contributed by atoms with Gasteiger partial charge in [0.2, 0.25) is 0 Å². The van der Waals surface area contributed by atoms with Gasteiger partial charge in [-0.3, -0.25) is 0 Å². The van der Waals surface area contributed by atoms with Crippen LogP contribution in [-0.2, 0) is 11.2 Å². The number of benzene rings is 3. The van der Waals surface area contributed by atoms with Crippen molar-refractivity contribution in [2.45, 2.75) is 12.5 Å². The molecule has 3 aromatic carbocycles. The van der Waals surface area contributed by atoms with Crippen LogP contribution in [-0.4, -0.2) is 24.3 Å². The van der Waals surface area contributed by atoms with Gasteiger partial charge in [-0.05, 0) is 23.1 Å². The second-order valence-corrected chi connectivity index (χ2v) is 5.44. The molecular weight excluding hydrogens is 304 g/mol. The molecule has 122 valence electrons. The van der Waals surface area contributed by atoms with E-state index in [1.165, 1.54) is 0 Å². The molecule has 0 unspecified atom stereocenters. The smallest absolute Gasteiger partial charge is 0.345 e. The van der Waals surface area contributed by atoms with Crippen LogP contribution >= 0.6 is 0 Å². The lowest BCUT2D eigenvalue weighted by Gasteiger charge is -2.18. The van der Waals surface area contributed by atoms with E-state index in [4.69, 9.17) is 9.47 Å². The molecule has 0 aliphatic carbocycles. The molecule has 3 aromatic rings. The zero-order valence-corrected chi connectivity index (χ0v) is 13.3. The first-order chi connectivity index (χ1) is 11.7. The SMILES string of the molecule is COc1ccccc1C[C@@H](Oc1cccc2ccccc12)C(=O)O. The first-order valence-corrected chi connectivity index (χ1v) is 7.68. The Morgan fingerprint density at radius 3 is 2.42 bits per heavy atom. The van der Waals surface area contributed by atoms with Crippen molar-refractivity contribution < 1.29 is 19.4 Å². The van der Waals surface area contributed by atoms with Crippen molar-refractivity contribution in [2.75, 3.05) is 7.11 Å². The normalized spacial score (nSPS) is 11.9. The van der Waals surface area contributed by atoms with Gasteiger partial charge in [0.25, 0.3) is 0 Å². The molecule has 0 spiro atoms. The average Bonchev–Trinajstić information content (AvgIpc) is 2.61. The predicted octanol–water partition coefficient (Wildman–Crippen LogP) is 3.92. The number of carbonyl (C=O) groups is 1. The molecule has 0 saturated heterocycles. The molecule has 0 fully saturated rings. The summed E-state index contributed by atoms with van der Waals surface area (Å²) >= 11 is 0. The third kappa shape index (κ3) is 3.33. The number of hydrogen-bond donors (Lipinski definition) is 1. The van der Waals surface area contributed by atoms with Gasteiger partial charge in [-0.1, -0.05) is 54.6 Å². The van der Waals surface area contributed by atoms with Crippen molar-refractivity contribution >= 4 is 16.7 Å². The molecule has 1 N–H and O–H groups in total. The molecular formula is C20H18O4. The Balaban J connectivity index is 1.90. The number of fused-ring (bicyclic) bond motifs is 1. The van der Waals surface area contributed by atoms with Crippen molar-refractivity contribution in [1.29, 1.82) is 0 Å². The molecule has 0 aliphatic rings. The maximum Gasteiger partial charge on any atom is 0.345 e. The lowest BCUT2D eigenvalue weighted by atomic mass is 10.1. The fourth-order valence-corrected chi connectivity index (χ4v) is 2.70. The number of rotatable bonds is 6. The Morgan fingerprint density at radius 1 is 0.958 bits per heavy atom. The van der Waals surface area contributed by atoms with E-state index in [0.29, 0.717) is 11.5 Å². The van der Waals surface area contributed by atoms with Crippen LogP contribution in [0.3, 0.4) is 0 Å². The fraction of sp³-hybridized carbons (Fsp3) is 0.150. The van der Waals surface area contributed by atoms with E-state index >= 15 is 0 Å². The van der Waals surface area contributed by atoms with Gasteiger partial charge >= 0.3 is 5.97 Å². The molecule has 24 heavy (non-hydrogen) atoms. The number of carboxylic acids is 1. The summed E-state index contributed by atoms with van der Waals surface area (Å²) in [5.41, 5.74) is 0.799. The fourth-order valence-electron chi connectivity index (χ4n) is 2.70. The third-order valence-corrected chi connectivity index (χ3v) is 3.89. The Bertz CT molecular complexity index is 852. The molecule has 1 atom stereocenters. The molecule has 4 nitrogen and oxygen atoms in total. The summed E-state index contributed by atoms with van der Waals surface area (Å²) in [6.07, 6.45) is -0.769. The van der Waals surface area contributed by atoms with Crippen LogP contribution in [0.25, 0.3) is 10.8 Å². The van der Waals surface area contributed by atoms with Crippen LogP contribution in [0.5, 0.6) is 11.5 Å². The maximum absolute atomic E-state index is 11.7. The van der Waals surface area contributed by atoms with Gasteiger partial charge in [0, 0.05) is 11.8 Å². The average molecular weight is 322 g/mol. The summed E-state index contributed by atoms with van der Waals surface area (Å²) in [4.78, 5) is 11.7. The number of aliphatic carboxylic acids is 1. The third-order valence-electron chi connectivity index (χ3n) is 3.89. The van der Waals surface area contributed by atoms with Crippen LogP contribution in [0.2, 0.25) is 0 Å². The van der Waals surface area contributed by atoms with Crippen LogP contribution in [0, 0.1) is 0 Å². The van der Waals surface area contributed by atoms with Crippen LogP contribution in [0.1, 0.15) is 5.56 Å². The lowest BCUT2D eigenvalue weighted by Crippen LogP contribution is -2.29. The quantitative estimate of drug-likeness (QED) is 0.747. The Hall–Kier alpha value is -3.01. The minimum atomic E-state index is -1.01. The van der Waals surface area contributed by atoms with Gasteiger partial charge in [0.1, 0.15) is 11.5 Å². The van der Waals surface area contributed by atoms with E-state index in [2.05, 4.69) is 0 Å². The second kappa shape index (κ2) is 7.04. The van der Waals surface area contributed by atoms with Gasteiger partial charge in [-0.2, -0.15) is 0 Å². The van der Waals surface area contributed by atoms with Crippen LogP contribution in [0.4, 0.5) is 0 Å². The van der Waals surface area contributed by atoms with Crippen LogP contribution in [0.15, 0.2) is 66.7 Å². The van der Waals surface area contributed by atoms with Crippen molar-refractivity contribution in [2.24, 2.45) is 0 Å². The number of hydrogen-bond acceptors (Lipinski definition) is 3. The highest BCUT2D eigenvalue weighted by Crippen LogP contribution is 2.27. The predicted molar refractivity (Wildman–Crippen MR) is 92.7 cm³/mol. The summed E-state index contributed by atoms with van der Waals surface area (Å²) < 4.78 is 11.1. The molecule has 0 bridgehead atoms. The van der Waals surface area contributed by atoms with E-state index in [-0.39, 0.29) is 6.42 Å². The van der Waals surface area contributed by atoms with Crippen molar-refractivity contribution in [3.63, 3.8) is 0 Å². The minimum Gasteiger partial charge on any atom is -0.496 e. The second-order valence-electron chi connectivity index (χ2n) is 5.44. The summed E-state index contributed by atoms with van der Waals surface area (Å²) in [5, 5.41) is 11.5. The topological polar surface area (TPSA) is 55.8 Å². The highest BCUT2D eigenvalue weighted by atomic mass is 16.5. The van der Waals surface area contributed by atoms with Crippen molar-refractivity contribution in [3.8, 4) is 11.5 Å². The highest BCUT2D eigenvalue weighted by Gasteiger charge is 2.22. The van der Waals surface area contributed by atoms with Crippen LogP contribution < -0.4 is 9.47 Å². The van der Waals surface area contributed by atoms with Gasteiger partial charge in [-0.25, -0.2) is 4.79 Å². The molecule has 0 aliphatic heterocycles. The molecule has 0 aromatic heterocycles. The van der Waals surface area contributed by atoms with E-state index in [1.54, 1.807) is 13.2 Å². The highest BCUT2D eigenvalue weighted by molar-refractivity contribution is 5.88. The molecule has 0 saturated carbocycles. The Labute approximate surface area is 140 Å². The molecule has 4 heteroatoms. The number of methoxy groups -OCH3 is 1. The van der Waals surface area contributed by atoms with Crippen molar-refractivity contribution in [1.82, 2.24) is 0 Å². The first kappa shape index (κ1) is 15.9. The Kier molecular flexibility index (Phi) is 4.66.